The number of hydrogen-bond acceptors (Lipinski definition) is 6. The Hall–Kier alpha value is -2.51. The summed E-state index contributed by atoms with van der Waals surface area (Å²) in [5.74, 6) is -0.569. The van der Waals surface area contributed by atoms with Crippen LogP contribution in [0.5, 0.6) is 0 Å². The van der Waals surface area contributed by atoms with Crippen LogP contribution in [0.1, 0.15) is 27.7 Å². The zero-order valence-electron chi connectivity index (χ0n) is 13.7. The molecule has 2 aromatic heterocycles. The van der Waals surface area contributed by atoms with Gasteiger partial charge in [-0.15, -0.1) is 11.3 Å². The highest BCUT2D eigenvalue weighted by Crippen LogP contribution is 2.37. The molecule has 3 aromatic rings. The summed E-state index contributed by atoms with van der Waals surface area (Å²) < 4.78 is 5.94. The van der Waals surface area contributed by atoms with E-state index in [1.54, 1.807) is 13.0 Å². The van der Waals surface area contributed by atoms with Gasteiger partial charge in [0.15, 0.2) is 5.13 Å². The molecule has 25 heavy (non-hydrogen) atoms. The van der Waals surface area contributed by atoms with Crippen molar-refractivity contribution < 1.29 is 14.3 Å². The summed E-state index contributed by atoms with van der Waals surface area (Å²) in [5.41, 5.74) is 1.80. The number of carbonyl (C=O) groups excluding carboxylic acids is 2. The molecular formula is C18H16N2O3S2. The first-order valence-corrected chi connectivity index (χ1v) is 9.33. The highest BCUT2D eigenvalue weighted by Gasteiger charge is 2.20. The van der Waals surface area contributed by atoms with Gasteiger partial charge in [-0.1, -0.05) is 41.7 Å². The van der Waals surface area contributed by atoms with E-state index in [0.29, 0.717) is 16.6 Å². The van der Waals surface area contributed by atoms with Crippen molar-refractivity contribution in [2.75, 3.05) is 11.9 Å². The first kappa shape index (κ1) is 17.3. The van der Waals surface area contributed by atoms with Crippen LogP contribution in [0.3, 0.4) is 0 Å². The number of aromatic nitrogens is 1. The van der Waals surface area contributed by atoms with Crippen LogP contribution in [-0.4, -0.2) is 23.5 Å². The normalized spacial score (nSPS) is 11.1. The number of anilines is 1. The molecule has 128 valence electrons. The van der Waals surface area contributed by atoms with Gasteiger partial charge in [-0.3, -0.25) is 10.1 Å². The lowest BCUT2D eigenvalue weighted by Crippen LogP contribution is -2.07. The van der Waals surface area contributed by atoms with Gasteiger partial charge < -0.3 is 4.74 Å². The van der Waals surface area contributed by atoms with Crippen LogP contribution in [0.2, 0.25) is 0 Å². The Balaban J connectivity index is 1.73. The molecule has 0 spiro atoms. The number of benzene rings is 1. The number of thiophene rings is 1. The Morgan fingerprint density at radius 1 is 1.24 bits per heavy atom. The highest BCUT2D eigenvalue weighted by atomic mass is 32.1. The third kappa shape index (κ3) is 3.94. The minimum atomic E-state index is -0.327. The second-order valence-corrected chi connectivity index (χ2v) is 7.16. The van der Waals surface area contributed by atoms with Crippen molar-refractivity contribution in [3.63, 3.8) is 0 Å². The number of fused-ring (bicyclic) bond motifs is 1. The van der Waals surface area contributed by atoms with E-state index < -0.39 is 0 Å². The zero-order valence-corrected chi connectivity index (χ0v) is 15.4. The highest BCUT2D eigenvalue weighted by molar-refractivity contribution is 7.30. The second-order valence-electron chi connectivity index (χ2n) is 5.16. The molecule has 0 saturated carbocycles. The number of nitrogens with zero attached hydrogens (tertiary/aromatic N) is 1. The van der Waals surface area contributed by atoms with E-state index in [4.69, 9.17) is 4.74 Å². The van der Waals surface area contributed by atoms with Crippen LogP contribution < -0.4 is 5.32 Å². The lowest BCUT2D eigenvalue weighted by Gasteiger charge is -1.99. The maximum absolute atomic E-state index is 12.0. The number of carbonyl (C=O) groups is 2. The number of esters is 1. The van der Waals surface area contributed by atoms with E-state index in [1.807, 2.05) is 37.3 Å². The number of amides is 1. The fourth-order valence-electron chi connectivity index (χ4n) is 2.22. The molecule has 1 aromatic carbocycles. The minimum Gasteiger partial charge on any atom is -0.462 e. The van der Waals surface area contributed by atoms with Gasteiger partial charge in [-0.25, -0.2) is 9.78 Å². The van der Waals surface area contributed by atoms with E-state index >= 15 is 0 Å². The lowest BCUT2D eigenvalue weighted by molar-refractivity contribution is -0.111. The number of nitrogens with one attached hydrogen (secondary N) is 1. The van der Waals surface area contributed by atoms with Crippen molar-refractivity contribution in [2.24, 2.45) is 0 Å². The topological polar surface area (TPSA) is 68.3 Å². The van der Waals surface area contributed by atoms with Gasteiger partial charge >= 0.3 is 5.97 Å². The summed E-state index contributed by atoms with van der Waals surface area (Å²) in [5, 5.41) is 3.28. The predicted molar refractivity (Wildman–Crippen MR) is 102 cm³/mol. The maximum atomic E-state index is 12.0. The van der Waals surface area contributed by atoms with Gasteiger partial charge in [-0.05, 0) is 31.1 Å². The van der Waals surface area contributed by atoms with Crippen molar-refractivity contribution in [3.8, 4) is 0 Å². The summed E-state index contributed by atoms with van der Waals surface area (Å²) >= 11 is 2.64. The number of ether oxygens (including phenoxy) is 1. The summed E-state index contributed by atoms with van der Waals surface area (Å²) in [6.07, 6.45) is 3.22. The molecular weight excluding hydrogens is 356 g/mol. The molecule has 7 heteroatoms. The monoisotopic (exact) mass is 372 g/mol. The average Bonchev–Trinajstić information content (AvgIpc) is 3.13. The van der Waals surface area contributed by atoms with E-state index in [0.717, 1.165) is 20.7 Å². The largest absolute Gasteiger partial charge is 0.462 e. The van der Waals surface area contributed by atoms with E-state index in [1.165, 1.54) is 28.7 Å². The average molecular weight is 372 g/mol. The van der Waals surface area contributed by atoms with Gasteiger partial charge in [0.1, 0.15) is 9.71 Å². The van der Waals surface area contributed by atoms with Gasteiger partial charge in [0.2, 0.25) is 5.91 Å². The van der Waals surface area contributed by atoms with E-state index in [2.05, 4.69) is 10.3 Å². The molecule has 0 aliphatic carbocycles. The molecule has 5 nitrogen and oxygen atoms in total. The molecule has 2 heterocycles. The molecule has 0 bridgehead atoms. The number of aryl methyl sites for hydroxylation is 1. The zero-order chi connectivity index (χ0) is 17.8. The van der Waals surface area contributed by atoms with Crippen LogP contribution in [0, 0.1) is 6.92 Å². The van der Waals surface area contributed by atoms with Gasteiger partial charge in [0.25, 0.3) is 0 Å². The molecule has 3 rings (SSSR count). The predicted octanol–water partition coefficient (Wildman–Crippen LogP) is 4.49. The lowest BCUT2D eigenvalue weighted by atomic mass is 10.2. The third-order valence-electron chi connectivity index (χ3n) is 3.39. The molecule has 0 saturated heterocycles. The van der Waals surface area contributed by atoms with Crippen molar-refractivity contribution in [1.29, 1.82) is 0 Å². The van der Waals surface area contributed by atoms with Crippen LogP contribution in [0.4, 0.5) is 5.13 Å². The Bertz CT molecular complexity index is 942. The third-order valence-corrected chi connectivity index (χ3v) is 5.78. The van der Waals surface area contributed by atoms with Crippen molar-refractivity contribution >= 4 is 55.3 Å². The van der Waals surface area contributed by atoms with E-state index in [9.17, 15) is 9.59 Å². The van der Waals surface area contributed by atoms with Crippen LogP contribution in [0.15, 0.2) is 36.4 Å². The summed E-state index contributed by atoms with van der Waals surface area (Å²) in [6, 6.07) is 9.59. The molecule has 0 aliphatic heterocycles. The summed E-state index contributed by atoms with van der Waals surface area (Å²) in [7, 11) is 0. The van der Waals surface area contributed by atoms with Crippen molar-refractivity contribution in [2.45, 2.75) is 13.8 Å². The summed E-state index contributed by atoms with van der Waals surface area (Å²) in [6.45, 7) is 3.98. The number of thiazole rings is 1. The number of rotatable bonds is 5. The first-order valence-electron chi connectivity index (χ1n) is 7.69. The molecule has 0 atom stereocenters. The molecule has 0 unspecified atom stereocenters. The van der Waals surface area contributed by atoms with Crippen LogP contribution in [0.25, 0.3) is 15.6 Å². The standard InChI is InChI=1S/C18H16N2O3S2/c1-3-23-17(22)15-11(2)14-16(24-15)20-18(25-14)19-13(21)10-9-12-7-5-4-6-8-12/h4-10H,3H2,1-2H3,(H,19,20,21). The smallest absolute Gasteiger partial charge is 0.348 e. The number of hydrogen-bond donors (Lipinski definition) is 1. The van der Waals surface area contributed by atoms with Gasteiger partial charge in [0, 0.05) is 6.08 Å². The Kier molecular flexibility index (Phi) is 5.25. The maximum Gasteiger partial charge on any atom is 0.348 e. The molecule has 0 fully saturated rings. The van der Waals surface area contributed by atoms with Gasteiger partial charge in [-0.2, -0.15) is 0 Å². The van der Waals surface area contributed by atoms with Crippen molar-refractivity contribution in [3.05, 3.63) is 52.4 Å². The quantitative estimate of drug-likeness (QED) is 0.529. The van der Waals surface area contributed by atoms with Crippen LogP contribution in [-0.2, 0) is 9.53 Å². The molecule has 0 aliphatic rings. The second kappa shape index (κ2) is 7.58. The van der Waals surface area contributed by atoms with Crippen molar-refractivity contribution in [1.82, 2.24) is 4.98 Å². The van der Waals surface area contributed by atoms with Gasteiger partial charge in [0.05, 0.1) is 11.3 Å². The fourth-order valence-corrected chi connectivity index (χ4v) is 4.43. The molecule has 0 radical (unpaired) electrons. The Labute approximate surface area is 153 Å². The Morgan fingerprint density at radius 3 is 2.68 bits per heavy atom. The van der Waals surface area contributed by atoms with Crippen LogP contribution >= 0.6 is 22.7 Å². The fraction of sp³-hybridized carbons (Fsp3) is 0.167. The minimum absolute atomic E-state index is 0.242. The van der Waals surface area contributed by atoms with E-state index in [-0.39, 0.29) is 11.9 Å². The molecule has 1 N–H and O–H groups in total. The first-order chi connectivity index (χ1) is 12.1. The summed E-state index contributed by atoms with van der Waals surface area (Å²) in [4.78, 5) is 29.6. The molecule has 1 amide bonds. The Morgan fingerprint density at radius 2 is 2.00 bits per heavy atom. The SMILES string of the molecule is CCOC(=O)c1sc2nc(NC(=O)C=Cc3ccccc3)sc2c1C.